The van der Waals surface area contributed by atoms with Gasteiger partial charge in [0.1, 0.15) is 11.8 Å². The Hall–Kier alpha value is -2.34. The number of benzene rings is 2. The highest BCUT2D eigenvalue weighted by Crippen LogP contribution is 2.31. The second kappa shape index (κ2) is 12.9. The van der Waals surface area contributed by atoms with Gasteiger partial charge >= 0.3 is 0 Å². The Morgan fingerprint density at radius 2 is 1.74 bits per heavy atom. The third-order valence-electron chi connectivity index (χ3n) is 6.02. The van der Waals surface area contributed by atoms with Crippen LogP contribution in [-0.4, -0.2) is 41.9 Å². The molecule has 0 bridgehead atoms. The fourth-order valence-corrected chi connectivity index (χ4v) is 4.14. The summed E-state index contributed by atoms with van der Waals surface area (Å²) in [6, 6.07) is 15.5. The molecule has 0 fully saturated rings. The molecular formula is C28H39BrN2O3. The van der Waals surface area contributed by atoms with Crippen LogP contribution in [0.5, 0.6) is 5.75 Å². The molecule has 0 radical (unpaired) electrons. The van der Waals surface area contributed by atoms with E-state index in [1.807, 2.05) is 69.3 Å². The molecule has 0 aliphatic rings. The van der Waals surface area contributed by atoms with Gasteiger partial charge in [0.25, 0.3) is 5.91 Å². The summed E-state index contributed by atoms with van der Waals surface area (Å²) in [7, 11) is 0. The molecule has 34 heavy (non-hydrogen) atoms. The summed E-state index contributed by atoms with van der Waals surface area (Å²) in [4.78, 5) is 28.0. The van der Waals surface area contributed by atoms with Gasteiger partial charge in [-0.05, 0) is 70.8 Å². The minimum atomic E-state index is -0.541. The molecule has 2 aromatic carbocycles. The first-order chi connectivity index (χ1) is 16.1. The second-order valence-electron chi connectivity index (χ2n) is 9.75. The van der Waals surface area contributed by atoms with Gasteiger partial charge in [-0.3, -0.25) is 9.59 Å². The largest absolute Gasteiger partial charge is 0.483 e. The maximum Gasteiger partial charge on any atom is 0.261 e. The summed E-state index contributed by atoms with van der Waals surface area (Å²) in [5, 5.41) is 3.04. The van der Waals surface area contributed by atoms with Crippen LogP contribution in [0.25, 0.3) is 0 Å². The first-order valence-electron chi connectivity index (χ1n) is 12.1. The zero-order chi connectivity index (χ0) is 25.3. The Kier molecular flexibility index (Phi) is 10.6. The lowest BCUT2D eigenvalue weighted by Crippen LogP contribution is -2.52. The number of hydrogen-bond donors (Lipinski definition) is 1. The summed E-state index contributed by atoms with van der Waals surface area (Å²) in [5.41, 5.74) is 2.32. The van der Waals surface area contributed by atoms with Crippen molar-refractivity contribution >= 4 is 27.7 Å². The lowest BCUT2D eigenvalue weighted by molar-refractivity contribution is -0.142. The van der Waals surface area contributed by atoms with Crippen LogP contribution in [0.1, 0.15) is 65.5 Å². The van der Waals surface area contributed by atoms with E-state index in [1.54, 1.807) is 4.90 Å². The van der Waals surface area contributed by atoms with E-state index in [2.05, 4.69) is 42.0 Å². The van der Waals surface area contributed by atoms with Gasteiger partial charge in [-0.25, -0.2) is 0 Å². The van der Waals surface area contributed by atoms with E-state index < -0.39 is 6.04 Å². The summed E-state index contributed by atoms with van der Waals surface area (Å²) in [6.07, 6.45) is 2.04. The minimum Gasteiger partial charge on any atom is -0.483 e. The summed E-state index contributed by atoms with van der Waals surface area (Å²) in [6.45, 7) is 12.7. The van der Waals surface area contributed by atoms with Gasteiger partial charge in [-0.15, -0.1) is 0 Å². The van der Waals surface area contributed by atoms with Gasteiger partial charge in [0, 0.05) is 12.6 Å². The summed E-state index contributed by atoms with van der Waals surface area (Å²) in [5.74, 6) is 0.296. The molecule has 0 aliphatic carbocycles. The van der Waals surface area contributed by atoms with Crippen molar-refractivity contribution in [1.29, 1.82) is 0 Å². The minimum absolute atomic E-state index is 0.0163. The van der Waals surface area contributed by atoms with Crippen LogP contribution in [0.3, 0.4) is 0 Å². The SMILES string of the molecule is CC[C@@H](C)NC(=O)[C@H](CC)N(CCc1ccccc1)C(=O)COc1ccc(C(C)(C)C)cc1Br. The van der Waals surface area contributed by atoms with E-state index >= 15 is 0 Å². The normalized spacial score (nSPS) is 13.1. The highest BCUT2D eigenvalue weighted by molar-refractivity contribution is 9.10. The molecule has 1 N–H and O–H groups in total. The molecule has 0 spiro atoms. The monoisotopic (exact) mass is 530 g/mol. The number of halogens is 1. The number of carbonyl (C=O) groups is 2. The smallest absolute Gasteiger partial charge is 0.261 e. The topological polar surface area (TPSA) is 58.6 Å². The molecule has 0 saturated heterocycles. The van der Waals surface area contributed by atoms with Crippen molar-refractivity contribution in [1.82, 2.24) is 10.2 Å². The van der Waals surface area contributed by atoms with Crippen molar-refractivity contribution in [3.8, 4) is 5.75 Å². The van der Waals surface area contributed by atoms with Gasteiger partial charge < -0.3 is 15.0 Å². The predicted molar refractivity (Wildman–Crippen MR) is 142 cm³/mol. The Balaban J connectivity index is 2.18. The van der Waals surface area contributed by atoms with Crippen LogP contribution in [0.15, 0.2) is 53.0 Å². The molecule has 6 heteroatoms. The van der Waals surface area contributed by atoms with E-state index in [9.17, 15) is 9.59 Å². The molecule has 186 valence electrons. The molecular weight excluding hydrogens is 492 g/mol. The van der Waals surface area contributed by atoms with Gasteiger partial charge in [0.15, 0.2) is 6.61 Å². The number of rotatable bonds is 11. The summed E-state index contributed by atoms with van der Waals surface area (Å²) >= 11 is 3.57. The quantitative estimate of drug-likeness (QED) is 0.394. The van der Waals surface area contributed by atoms with Crippen molar-refractivity contribution in [2.45, 2.75) is 78.3 Å². The maximum absolute atomic E-state index is 13.3. The van der Waals surface area contributed by atoms with Crippen molar-refractivity contribution < 1.29 is 14.3 Å². The molecule has 0 heterocycles. The maximum atomic E-state index is 13.3. The van der Waals surface area contributed by atoms with Crippen LogP contribution in [0, 0.1) is 0 Å². The Labute approximate surface area is 213 Å². The van der Waals surface area contributed by atoms with Crippen LogP contribution in [0.4, 0.5) is 0 Å². The second-order valence-corrected chi connectivity index (χ2v) is 10.6. The van der Waals surface area contributed by atoms with Crippen LogP contribution in [-0.2, 0) is 21.4 Å². The Morgan fingerprint density at radius 3 is 2.29 bits per heavy atom. The fourth-order valence-electron chi connectivity index (χ4n) is 3.64. The molecule has 0 unspecified atom stereocenters. The van der Waals surface area contributed by atoms with Crippen LogP contribution < -0.4 is 10.1 Å². The average molecular weight is 532 g/mol. The van der Waals surface area contributed by atoms with E-state index in [0.717, 1.165) is 16.5 Å². The molecule has 0 aromatic heterocycles. The zero-order valence-electron chi connectivity index (χ0n) is 21.4. The summed E-state index contributed by atoms with van der Waals surface area (Å²) < 4.78 is 6.72. The predicted octanol–water partition coefficient (Wildman–Crippen LogP) is 5.89. The fraction of sp³-hybridized carbons (Fsp3) is 0.500. The Morgan fingerprint density at radius 1 is 1.06 bits per heavy atom. The van der Waals surface area contributed by atoms with Crippen molar-refractivity contribution in [3.63, 3.8) is 0 Å². The van der Waals surface area contributed by atoms with Crippen molar-refractivity contribution in [2.24, 2.45) is 0 Å². The van der Waals surface area contributed by atoms with Crippen LogP contribution in [0.2, 0.25) is 0 Å². The first kappa shape index (κ1) is 27.9. The number of ether oxygens (including phenoxy) is 1. The lowest BCUT2D eigenvalue weighted by atomic mass is 9.87. The number of amides is 2. The van der Waals surface area contributed by atoms with E-state index in [-0.39, 0.29) is 29.9 Å². The zero-order valence-corrected chi connectivity index (χ0v) is 22.9. The number of nitrogens with one attached hydrogen (secondary N) is 1. The molecule has 0 saturated carbocycles. The highest BCUT2D eigenvalue weighted by Gasteiger charge is 2.29. The number of carbonyl (C=O) groups excluding carboxylic acids is 2. The molecule has 5 nitrogen and oxygen atoms in total. The molecule has 2 amide bonds. The standard InChI is InChI=1S/C28H39BrN2O3/c1-7-20(3)30-27(33)24(8-2)31(17-16-21-12-10-9-11-13-21)26(32)19-34-25-15-14-22(18-23(25)29)28(4,5)6/h9-15,18,20,24H,7-8,16-17,19H2,1-6H3,(H,30,33)/t20-,24+/m1/s1. The first-order valence-corrected chi connectivity index (χ1v) is 12.9. The molecule has 2 rings (SSSR count). The van der Waals surface area contributed by atoms with E-state index in [4.69, 9.17) is 4.74 Å². The molecule has 0 aliphatic heterocycles. The lowest BCUT2D eigenvalue weighted by Gasteiger charge is -2.31. The number of nitrogens with zero attached hydrogens (tertiary/aromatic N) is 1. The molecule has 2 aromatic rings. The Bertz CT molecular complexity index is 940. The van der Waals surface area contributed by atoms with Gasteiger partial charge in [0.05, 0.1) is 4.47 Å². The third kappa shape index (κ3) is 8.15. The third-order valence-corrected chi connectivity index (χ3v) is 6.64. The number of hydrogen-bond acceptors (Lipinski definition) is 3. The molecule has 2 atom stereocenters. The van der Waals surface area contributed by atoms with Crippen molar-refractivity contribution in [3.05, 3.63) is 64.1 Å². The van der Waals surface area contributed by atoms with Gasteiger partial charge in [0.2, 0.25) is 5.91 Å². The van der Waals surface area contributed by atoms with Gasteiger partial charge in [-0.2, -0.15) is 0 Å². The highest BCUT2D eigenvalue weighted by atomic mass is 79.9. The van der Waals surface area contributed by atoms with Crippen molar-refractivity contribution in [2.75, 3.05) is 13.2 Å². The van der Waals surface area contributed by atoms with Gasteiger partial charge in [-0.1, -0.05) is 71.0 Å². The van der Waals surface area contributed by atoms with E-state index in [0.29, 0.717) is 25.1 Å². The van der Waals surface area contributed by atoms with Crippen LogP contribution >= 0.6 is 15.9 Å². The average Bonchev–Trinajstić information content (AvgIpc) is 2.80. The van der Waals surface area contributed by atoms with E-state index in [1.165, 1.54) is 5.56 Å².